The summed E-state index contributed by atoms with van der Waals surface area (Å²) < 4.78 is 0. The highest BCUT2D eigenvalue weighted by Gasteiger charge is 2.20. The Kier molecular flexibility index (Phi) is 6.62. The van der Waals surface area contributed by atoms with Gasteiger partial charge in [0, 0.05) is 29.2 Å². The summed E-state index contributed by atoms with van der Waals surface area (Å²) in [5.74, 6) is 0.0383. The molecule has 0 unspecified atom stereocenters. The van der Waals surface area contributed by atoms with Crippen molar-refractivity contribution in [2.24, 2.45) is 0 Å². The molecular formula is C29H31ClN2O. The van der Waals surface area contributed by atoms with Gasteiger partial charge in [-0.1, -0.05) is 80.9 Å². The van der Waals surface area contributed by atoms with Crippen LogP contribution in [0.5, 0.6) is 0 Å². The third-order valence-corrected chi connectivity index (χ3v) is 6.34. The number of fused-ring (bicyclic) bond motifs is 1. The second-order valence-corrected chi connectivity index (χ2v) is 10.2. The summed E-state index contributed by atoms with van der Waals surface area (Å²) in [5, 5.41) is 1.78. The Hall–Kier alpha value is -3.04. The quantitative estimate of drug-likeness (QED) is 0.323. The van der Waals surface area contributed by atoms with E-state index in [1.165, 1.54) is 5.56 Å². The monoisotopic (exact) mass is 458 g/mol. The second-order valence-electron chi connectivity index (χ2n) is 9.77. The first-order valence-electron chi connectivity index (χ1n) is 11.4. The van der Waals surface area contributed by atoms with E-state index in [9.17, 15) is 4.79 Å². The van der Waals surface area contributed by atoms with Crippen molar-refractivity contribution in [3.05, 3.63) is 106 Å². The molecule has 0 fully saturated rings. The fourth-order valence-corrected chi connectivity index (χ4v) is 4.27. The number of benzene rings is 3. The Balaban J connectivity index is 1.62. The largest absolute Gasteiger partial charge is 0.358 e. The summed E-state index contributed by atoms with van der Waals surface area (Å²) >= 11 is 6.05. The first-order valence-corrected chi connectivity index (χ1v) is 11.8. The van der Waals surface area contributed by atoms with Gasteiger partial charge in [0.2, 0.25) is 0 Å². The molecule has 170 valence electrons. The number of rotatable bonds is 6. The zero-order valence-corrected chi connectivity index (χ0v) is 20.5. The highest BCUT2D eigenvalue weighted by molar-refractivity contribution is 6.30. The fourth-order valence-electron chi connectivity index (χ4n) is 4.14. The Morgan fingerprint density at radius 1 is 0.939 bits per heavy atom. The second kappa shape index (κ2) is 9.44. The SMILES string of the molecule is Cc1cc2cccc(C(=O)N(CCc3ccc(Cl)cc3)Cc3ccc(C(C)(C)C)cc3)c2[nH]1. The topological polar surface area (TPSA) is 36.1 Å². The van der Waals surface area contributed by atoms with E-state index >= 15 is 0 Å². The Labute approximate surface area is 201 Å². The predicted molar refractivity (Wildman–Crippen MR) is 138 cm³/mol. The normalized spacial score (nSPS) is 11.7. The number of nitrogens with one attached hydrogen (secondary N) is 1. The van der Waals surface area contributed by atoms with Crippen molar-refractivity contribution in [2.45, 2.75) is 46.1 Å². The first kappa shape index (κ1) is 23.1. The van der Waals surface area contributed by atoms with Gasteiger partial charge in [0.05, 0.1) is 11.1 Å². The number of aromatic nitrogens is 1. The maximum absolute atomic E-state index is 13.8. The Morgan fingerprint density at radius 2 is 1.61 bits per heavy atom. The standard InChI is InChI=1S/C29H31ClN2O/c1-20-18-23-6-5-7-26(27(23)31-20)28(33)32(17-16-21-10-14-25(30)15-11-21)19-22-8-12-24(13-9-22)29(2,3)4/h5-15,18,31H,16-17,19H2,1-4H3. The lowest BCUT2D eigenvalue weighted by Gasteiger charge is -2.24. The minimum Gasteiger partial charge on any atom is -0.358 e. The zero-order chi connectivity index (χ0) is 23.6. The molecule has 0 spiro atoms. The molecule has 3 nitrogen and oxygen atoms in total. The summed E-state index contributed by atoms with van der Waals surface area (Å²) in [4.78, 5) is 19.1. The van der Waals surface area contributed by atoms with Crippen molar-refractivity contribution < 1.29 is 4.79 Å². The van der Waals surface area contributed by atoms with Crippen LogP contribution in [-0.2, 0) is 18.4 Å². The van der Waals surface area contributed by atoms with Gasteiger partial charge in [-0.05, 0) is 59.7 Å². The van der Waals surface area contributed by atoms with Crippen LogP contribution in [0.2, 0.25) is 5.02 Å². The number of H-pyrrole nitrogens is 1. The number of carbonyl (C=O) groups excluding carboxylic acids is 1. The third-order valence-electron chi connectivity index (χ3n) is 6.09. The Morgan fingerprint density at radius 3 is 2.27 bits per heavy atom. The van der Waals surface area contributed by atoms with E-state index in [1.54, 1.807) is 0 Å². The van der Waals surface area contributed by atoms with Crippen LogP contribution < -0.4 is 0 Å². The maximum Gasteiger partial charge on any atom is 0.256 e. The molecule has 4 heteroatoms. The van der Waals surface area contributed by atoms with Gasteiger partial charge in [-0.2, -0.15) is 0 Å². The number of hydrogen-bond acceptors (Lipinski definition) is 1. The molecular weight excluding hydrogens is 428 g/mol. The lowest BCUT2D eigenvalue weighted by molar-refractivity contribution is 0.0747. The van der Waals surface area contributed by atoms with Gasteiger partial charge in [-0.15, -0.1) is 0 Å². The summed E-state index contributed by atoms with van der Waals surface area (Å²) in [5.41, 5.74) is 6.34. The van der Waals surface area contributed by atoms with Crippen LogP contribution in [0.25, 0.3) is 10.9 Å². The molecule has 0 atom stereocenters. The molecule has 0 saturated carbocycles. The van der Waals surface area contributed by atoms with Crippen molar-refractivity contribution in [1.29, 1.82) is 0 Å². The minimum absolute atomic E-state index is 0.0383. The van der Waals surface area contributed by atoms with Gasteiger partial charge >= 0.3 is 0 Å². The third kappa shape index (κ3) is 5.48. The van der Waals surface area contributed by atoms with E-state index in [-0.39, 0.29) is 11.3 Å². The minimum atomic E-state index is 0.0383. The molecule has 0 saturated heterocycles. The van der Waals surface area contributed by atoms with Crippen LogP contribution in [-0.4, -0.2) is 22.3 Å². The van der Waals surface area contributed by atoms with Gasteiger partial charge in [0.15, 0.2) is 0 Å². The molecule has 0 aliphatic heterocycles. The smallest absolute Gasteiger partial charge is 0.256 e. The molecule has 1 amide bonds. The summed E-state index contributed by atoms with van der Waals surface area (Å²) in [6, 6.07) is 24.5. The molecule has 0 bridgehead atoms. The molecule has 33 heavy (non-hydrogen) atoms. The van der Waals surface area contributed by atoms with E-state index < -0.39 is 0 Å². The van der Waals surface area contributed by atoms with Gasteiger partial charge in [-0.25, -0.2) is 0 Å². The number of hydrogen-bond donors (Lipinski definition) is 1. The number of halogens is 1. The van der Waals surface area contributed by atoms with Gasteiger partial charge < -0.3 is 9.88 Å². The molecule has 0 aliphatic carbocycles. The van der Waals surface area contributed by atoms with Crippen molar-refractivity contribution in [3.8, 4) is 0 Å². The van der Waals surface area contributed by atoms with Crippen molar-refractivity contribution >= 4 is 28.4 Å². The summed E-state index contributed by atoms with van der Waals surface area (Å²) in [7, 11) is 0. The van der Waals surface area contributed by atoms with Crippen LogP contribution in [0.15, 0.2) is 72.8 Å². The van der Waals surface area contributed by atoms with Crippen LogP contribution in [0.1, 0.15) is 53.5 Å². The average Bonchev–Trinajstić information content (AvgIpc) is 3.17. The number of aryl methyl sites for hydroxylation is 1. The molecule has 1 N–H and O–H groups in total. The molecule has 0 aliphatic rings. The summed E-state index contributed by atoms with van der Waals surface area (Å²) in [6.45, 7) is 9.84. The number of amides is 1. The molecule has 4 aromatic rings. The van der Waals surface area contributed by atoms with Crippen LogP contribution in [0.3, 0.4) is 0 Å². The molecule has 0 radical (unpaired) electrons. The van der Waals surface area contributed by atoms with Crippen molar-refractivity contribution in [2.75, 3.05) is 6.54 Å². The molecule has 1 aromatic heterocycles. The lowest BCUT2D eigenvalue weighted by Crippen LogP contribution is -2.32. The van der Waals surface area contributed by atoms with Crippen molar-refractivity contribution in [1.82, 2.24) is 9.88 Å². The van der Waals surface area contributed by atoms with Gasteiger partial charge in [-0.3, -0.25) is 4.79 Å². The number of aromatic amines is 1. The van der Waals surface area contributed by atoms with Gasteiger partial charge in [0.1, 0.15) is 0 Å². The average molecular weight is 459 g/mol. The van der Waals surface area contributed by atoms with E-state index in [4.69, 9.17) is 11.6 Å². The lowest BCUT2D eigenvalue weighted by atomic mass is 9.87. The first-order chi connectivity index (χ1) is 15.7. The number of carbonyl (C=O) groups is 1. The molecule has 1 heterocycles. The van der Waals surface area contributed by atoms with E-state index in [2.05, 4.69) is 56.1 Å². The fraction of sp³-hybridized carbons (Fsp3) is 0.276. The number of para-hydroxylation sites is 1. The zero-order valence-electron chi connectivity index (χ0n) is 19.8. The highest BCUT2D eigenvalue weighted by Crippen LogP contribution is 2.24. The molecule has 3 aromatic carbocycles. The van der Waals surface area contributed by atoms with E-state index in [0.717, 1.165) is 39.2 Å². The number of nitrogens with zero attached hydrogens (tertiary/aromatic N) is 1. The predicted octanol–water partition coefficient (Wildman–Crippen LogP) is 7.31. The highest BCUT2D eigenvalue weighted by atomic mass is 35.5. The van der Waals surface area contributed by atoms with E-state index in [1.807, 2.05) is 54.3 Å². The van der Waals surface area contributed by atoms with Crippen LogP contribution in [0.4, 0.5) is 0 Å². The van der Waals surface area contributed by atoms with Crippen LogP contribution in [0, 0.1) is 6.92 Å². The molecule has 4 rings (SSSR count). The van der Waals surface area contributed by atoms with Crippen molar-refractivity contribution in [3.63, 3.8) is 0 Å². The maximum atomic E-state index is 13.8. The van der Waals surface area contributed by atoms with Crippen LogP contribution >= 0.6 is 11.6 Å². The Bertz CT molecular complexity index is 1250. The van der Waals surface area contributed by atoms with E-state index in [0.29, 0.717) is 18.7 Å². The summed E-state index contributed by atoms with van der Waals surface area (Å²) in [6.07, 6.45) is 0.767. The van der Waals surface area contributed by atoms with Gasteiger partial charge in [0.25, 0.3) is 5.91 Å².